The Balaban J connectivity index is 2.41. The van der Waals surface area contributed by atoms with Crippen molar-refractivity contribution in [3.05, 3.63) is 40.5 Å². The normalized spacial score (nSPS) is 10.3. The van der Waals surface area contributed by atoms with Gasteiger partial charge in [-0.3, -0.25) is 0 Å². The third kappa shape index (κ3) is 2.50. The Bertz CT molecular complexity index is 542. The minimum Gasteiger partial charge on any atom is -0.368 e. The fraction of sp³-hybridized carbons (Fsp3) is 0. The first kappa shape index (κ1) is 11.7. The lowest BCUT2D eigenvalue weighted by Gasteiger charge is -2.09. The first-order valence-electron chi connectivity index (χ1n) is 4.57. The molecule has 0 bridgehead atoms. The van der Waals surface area contributed by atoms with Gasteiger partial charge in [0.2, 0.25) is 5.95 Å². The lowest BCUT2D eigenvalue weighted by atomic mass is 10.3. The van der Waals surface area contributed by atoms with Gasteiger partial charge in [-0.15, -0.1) is 0 Å². The summed E-state index contributed by atoms with van der Waals surface area (Å²) in [6.45, 7) is 0. The molecule has 0 aliphatic heterocycles. The van der Waals surface area contributed by atoms with Crippen LogP contribution in [0, 0.1) is 11.6 Å². The summed E-state index contributed by atoms with van der Waals surface area (Å²) in [5.74, 6) is -1.22. The molecular weight excluding hydrogens is 294 g/mol. The van der Waals surface area contributed by atoms with Crippen molar-refractivity contribution in [2.45, 2.75) is 0 Å². The molecule has 0 fully saturated rings. The summed E-state index contributed by atoms with van der Waals surface area (Å²) in [7, 11) is 0. The number of para-hydroxylation sites is 1. The van der Waals surface area contributed by atoms with Gasteiger partial charge in [-0.05, 0) is 28.1 Å². The van der Waals surface area contributed by atoms with Crippen LogP contribution in [0.2, 0.25) is 0 Å². The zero-order valence-electron chi connectivity index (χ0n) is 8.42. The second-order valence-electron chi connectivity index (χ2n) is 3.15. The van der Waals surface area contributed by atoms with Crippen LogP contribution >= 0.6 is 15.9 Å². The maximum Gasteiger partial charge on any atom is 0.222 e. The number of benzene rings is 1. The molecular formula is C10H7BrF2N4. The third-order valence-electron chi connectivity index (χ3n) is 1.97. The Kier molecular flexibility index (Phi) is 3.19. The van der Waals surface area contributed by atoms with Gasteiger partial charge < -0.3 is 11.1 Å². The highest BCUT2D eigenvalue weighted by Crippen LogP contribution is 2.26. The second-order valence-corrected chi connectivity index (χ2v) is 4.00. The summed E-state index contributed by atoms with van der Waals surface area (Å²) in [4.78, 5) is 7.54. The molecule has 7 heteroatoms. The number of hydrogen-bond donors (Lipinski definition) is 2. The van der Waals surface area contributed by atoms with Crippen LogP contribution in [-0.4, -0.2) is 9.97 Å². The summed E-state index contributed by atoms with van der Waals surface area (Å²) in [6, 6.07) is 3.56. The van der Waals surface area contributed by atoms with Gasteiger partial charge in [0.25, 0.3) is 0 Å². The number of rotatable bonds is 2. The van der Waals surface area contributed by atoms with Crippen molar-refractivity contribution < 1.29 is 8.78 Å². The summed E-state index contributed by atoms with van der Waals surface area (Å²) in [5, 5.41) is 2.52. The highest BCUT2D eigenvalue weighted by Gasteiger charge is 2.11. The lowest BCUT2D eigenvalue weighted by molar-refractivity contribution is 0.590. The van der Waals surface area contributed by atoms with Crippen LogP contribution in [0.3, 0.4) is 0 Å². The predicted octanol–water partition coefficient (Wildman–Crippen LogP) is 2.84. The van der Waals surface area contributed by atoms with Gasteiger partial charge in [-0.25, -0.2) is 13.8 Å². The molecule has 88 valence electrons. The molecule has 0 saturated carbocycles. The molecule has 0 aliphatic carbocycles. The van der Waals surface area contributed by atoms with Crippen LogP contribution in [0.4, 0.5) is 26.2 Å². The van der Waals surface area contributed by atoms with Crippen LogP contribution < -0.4 is 11.1 Å². The summed E-state index contributed by atoms with van der Waals surface area (Å²) < 4.78 is 27.2. The maximum atomic E-state index is 13.4. The first-order valence-corrected chi connectivity index (χ1v) is 5.36. The monoisotopic (exact) mass is 300 g/mol. The van der Waals surface area contributed by atoms with Crippen molar-refractivity contribution in [2.24, 2.45) is 0 Å². The Labute approximate surface area is 104 Å². The Hall–Kier alpha value is -1.76. The molecule has 0 saturated heterocycles. The van der Waals surface area contributed by atoms with E-state index in [0.29, 0.717) is 4.47 Å². The zero-order valence-corrected chi connectivity index (χ0v) is 10.0. The first-order chi connectivity index (χ1) is 8.08. The minimum atomic E-state index is -0.714. The van der Waals surface area contributed by atoms with E-state index < -0.39 is 11.6 Å². The van der Waals surface area contributed by atoms with Gasteiger partial charge in [-0.2, -0.15) is 4.98 Å². The van der Waals surface area contributed by atoms with Crippen molar-refractivity contribution in [3.8, 4) is 0 Å². The number of nitrogens with one attached hydrogen (secondary N) is 1. The quantitative estimate of drug-likeness (QED) is 0.895. The van der Waals surface area contributed by atoms with E-state index in [1.807, 2.05) is 0 Å². The summed E-state index contributed by atoms with van der Waals surface area (Å²) >= 11 is 3.15. The van der Waals surface area contributed by atoms with E-state index in [9.17, 15) is 8.78 Å². The van der Waals surface area contributed by atoms with E-state index in [1.54, 1.807) is 0 Å². The second kappa shape index (κ2) is 4.62. The van der Waals surface area contributed by atoms with Gasteiger partial charge >= 0.3 is 0 Å². The molecule has 0 unspecified atom stereocenters. The number of halogens is 3. The van der Waals surface area contributed by atoms with Crippen molar-refractivity contribution >= 4 is 33.4 Å². The van der Waals surface area contributed by atoms with E-state index in [1.165, 1.54) is 12.3 Å². The van der Waals surface area contributed by atoms with Gasteiger partial charge in [-0.1, -0.05) is 6.07 Å². The lowest BCUT2D eigenvalue weighted by Crippen LogP contribution is -2.03. The average Bonchev–Trinajstić information content (AvgIpc) is 2.28. The van der Waals surface area contributed by atoms with E-state index in [-0.39, 0.29) is 17.5 Å². The van der Waals surface area contributed by atoms with Gasteiger partial charge in [0, 0.05) is 6.20 Å². The van der Waals surface area contributed by atoms with E-state index in [4.69, 9.17) is 5.73 Å². The van der Waals surface area contributed by atoms with Gasteiger partial charge in [0.15, 0.2) is 5.82 Å². The Morgan fingerprint density at radius 2 is 1.88 bits per heavy atom. The maximum absolute atomic E-state index is 13.4. The molecule has 1 aromatic carbocycles. The van der Waals surface area contributed by atoms with Gasteiger partial charge in [0.05, 0.1) is 4.47 Å². The standard InChI is InChI=1S/C10H7BrF2N4/c11-5-4-15-10(14)17-9(5)16-8-6(12)2-1-3-7(8)13/h1-4H,(H3,14,15,16,17). The van der Waals surface area contributed by atoms with Crippen molar-refractivity contribution in [1.29, 1.82) is 0 Å². The molecule has 0 aliphatic rings. The van der Waals surface area contributed by atoms with Gasteiger partial charge in [0.1, 0.15) is 17.3 Å². The van der Waals surface area contributed by atoms with Crippen LogP contribution in [0.1, 0.15) is 0 Å². The van der Waals surface area contributed by atoms with Crippen molar-refractivity contribution in [3.63, 3.8) is 0 Å². The molecule has 4 nitrogen and oxygen atoms in total. The molecule has 1 heterocycles. The zero-order chi connectivity index (χ0) is 12.4. The van der Waals surface area contributed by atoms with Crippen molar-refractivity contribution in [1.82, 2.24) is 9.97 Å². The average molecular weight is 301 g/mol. The van der Waals surface area contributed by atoms with Crippen LogP contribution in [0.15, 0.2) is 28.9 Å². The minimum absolute atomic E-state index is 0.00690. The Morgan fingerprint density at radius 1 is 1.24 bits per heavy atom. The fourth-order valence-corrected chi connectivity index (χ4v) is 1.49. The van der Waals surface area contributed by atoms with Crippen LogP contribution in [-0.2, 0) is 0 Å². The molecule has 17 heavy (non-hydrogen) atoms. The molecule has 3 N–H and O–H groups in total. The molecule has 0 spiro atoms. The third-order valence-corrected chi connectivity index (χ3v) is 2.55. The molecule has 0 atom stereocenters. The number of nitrogens with two attached hydrogens (primary N) is 1. The number of nitrogens with zero attached hydrogens (tertiary/aromatic N) is 2. The van der Waals surface area contributed by atoms with Crippen LogP contribution in [0.25, 0.3) is 0 Å². The number of anilines is 3. The topological polar surface area (TPSA) is 63.8 Å². The predicted molar refractivity (Wildman–Crippen MR) is 63.8 cm³/mol. The van der Waals surface area contributed by atoms with E-state index >= 15 is 0 Å². The smallest absolute Gasteiger partial charge is 0.222 e. The molecule has 1 aromatic heterocycles. The summed E-state index contributed by atoms with van der Waals surface area (Å²) in [5.41, 5.74) is 5.10. The largest absolute Gasteiger partial charge is 0.368 e. The molecule has 2 aromatic rings. The Morgan fingerprint density at radius 3 is 2.53 bits per heavy atom. The van der Waals surface area contributed by atoms with Crippen LogP contribution in [0.5, 0.6) is 0 Å². The molecule has 0 radical (unpaired) electrons. The summed E-state index contributed by atoms with van der Waals surface area (Å²) in [6.07, 6.45) is 1.39. The van der Waals surface area contributed by atoms with E-state index in [2.05, 4.69) is 31.2 Å². The number of hydrogen-bond acceptors (Lipinski definition) is 4. The van der Waals surface area contributed by atoms with Crippen molar-refractivity contribution in [2.75, 3.05) is 11.1 Å². The van der Waals surface area contributed by atoms with E-state index in [0.717, 1.165) is 12.1 Å². The SMILES string of the molecule is Nc1ncc(Br)c(Nc2c(F)cccc2F)n1. The number of aromatic nitrogens is 2. The highest BCUT2D eigenvalue weighted by atomic mass is 79.9. The number of nitrogen functional groups attached to an aromatic ring is 1. The fourth-order valence-electron chi connectivity index (χ4n) is 1.20. The highest BCUT2D eigenvalue weighted by molar-refractivity contribution is 9.10. The molecule has 2 rings (SSSR count). The molecule has 0 amide bonds.